The van der Waals surface area contributed by atoms with Crippen LogP contribution in [0, 0.1) is 5.41 Å². The molecule has 0 aliphatic heterocycles. The molecule has 0 heterocycles. The minimum atomic E-state index is -1.16. The van der Waals surface area contributed by atoms with Gasteiger partial charge in [0.25, 0.3) is 0 Å². The van der Waals surface area contributed by atoms with Crippen molar-refractivity contribution in [1.29, 1.82) is 0 Å². The van der Waals surface area contributed by atoms with Crippen molar-refractivity contribution in [3.05, 3.63) is 0 Å². The van der Waals surface area contributed by atoms with E-state index in [-0.39, 0.29) is 6.61 Å². The van der Waals surface area contributed by atoms with Gasteiger partial charge < -0.3 is 14.9 Å². The molecular weight excluding hydrogens is 184 g/mol. The van der Waals surface area contributed by atoms with Crippen LogP contribution in [0.1, 0.15) is 33.6 Å². The van der Waals surface area contributed by atoms with Gasteiger partial charge in [0.05, 0.1) is 18.1 Å². The third kappa shape index (κ3) is 2.69. The van der Waals surface area contributed by atoms with Crippen LogP contribution < -0.4 is 0 Å². The molecule has 0 bridgehead atoms. The van der Waals surface area contributed by atoms with Gasteiger partial charge in [-0.2, -0.15) is 0 Å². The highest BCUT2D eigenvalue weighted by Crippen LogP contribution is 2.35. The van der Waals surface area contributed by atoms with Crippen LogP contribution in [0.15, 0.2) is 0 Å². The highest BCUT2D eigenvalue weighted by atomic mass is 16.5. The minimum Gasteiger partial charge on any atom is -0.469 e. The van der Waals surface area contributed by atoms with Gasteiger partial charge in [0.2, 0.25) is 0 Å². The van der Waals surface area contributed by atoms with E-state index in [1.165, 1.54) is 7.11 Å². The second kappa shape index (κ2) is 4.75. The van der Waals surface area contributed by atoms with Crippen molar-refractivity contribution in [3.63, 3.8) is 0 Å². The van der Waals surface area contributed by atoms with Crippen molar-refractivity contribution >= 4 is 5.97 Å². The van der Waals surface area contributed by atoms with E-state index in [0.29, 0.717) is 12.8 Å². The molecule has 0 aromatic carbocycles. The Morgan fingerprint density at radius 2 is 1.86 bits per heavy atom. The Bertz CT molecular complexity index is 196. The third-order valence-corrected chi connectivity index (χ3v) is 2.86. The number of hydrogen-bond acceptors (Lipinski definition) is 4. The van der Waals surface area contributed by atoms with E-state index in [9.17, 15) is 9.90 Å². The first kappa shape index (κ1) is 13.4. The number of rotatable bonds is 5. The quantitative estimate of drug-likeness (QED) is 0.647. The lowest BCUT2D eigenvalue weighted by atomic mass is 9.73. The molecule has 4 nitrogen and oxygen atoms in total. The van der Waals surface area contributed by atoms with Crippen LogP contribution in [0.2, 0.25) is 0 Å². The molecule has 84 valence electrons. The lowest BCUT2D eigenvalue weighted by molar-refractivity contribution is -0.167. The minimum absolute atomic E-state index is 0.00734. The van der Waals surface area contributed by atoms with Crippen LogP contribution in [0.3, 0.4) is 0 Å². The predicted octanol–water partition coefficient (Wildman–Crippen LogP) is 0.709. The second-order valence-corrected chi connectivity index (χ2v) is 4.22. The van der Waals surface area contributed by atoms with Crippen LogP contribution in [0.25, 0.3) is 0 Å². The first-order valence-corrected chi connectivity index (χ1v) is 4.71. The zero-order valence-electron chi connectivity index (χ0n) is 9.33. The SMILES string of the molecule is COC(=O)C(C)(C)C(C)(O)CCCO. The third-order valence-electron chi connectivity index (χ3n) is 2.86. The van der Waals surface area contributed by atoms with Gasteiger partial charge in [-0.3, -0.25) is 4.79 Å². The number of carbonyl (C=O) groups is 1. The van der Waals surface area contributed by atoms with Crippen molar-refractivity contribution in [3.8, 4) is 0 Å². The van der Waals surface area contributed by atoms with Crippen LogP contribution in [0.5, 0.6) is 0 Å². The van der Waals surface area contributed by atoms with Crippen molar-refractivity contribution in [2.75, 3.05) is 13.7 Å². The van der Waals surface area contributed by atoms with Gasteiger partial charge in [-0.15, -0.1) is 0 Å². The molecule has 0 aliphatic carbocycles. The second-order valence-electron chi connectivity index (χ2n) is 4.22. The molecule has 1 atom stereocenters. The Morgan fingerprint density at radius 3 is 2.21 bits per heavy atom. The molecule has 14 heavy (non-hydrogen) atoms. The Labute approximate surface area is 84.9 Å². The van der Waals surface area contributed by atoms with Crippen LogP contribution >= 0.6 is 0 Å². The molecule has 0 aromatic rings. The number of ether oxygens (including phenoxy) is 1. The van der Waals surface area contributed by atoms with Gasteiger partial charge in [0.1, 0.15) is 0 Å². The molecule has 0 aromatic heterocycles. The molecule has 0 aliphatic rings. The number of esters is 1. The number of aliphatic hydroxyl groups excluding tert-OH is 1. The van der Waals surface area contributed by atoms with Gasteiger partial charge in [0.15, 0.2) is 0 Å². The summed E-state index contributed by atoms with van der Waals surface area (Å²) in [6, 6.07) is 0. The number of methoxy groups -OCH3 is 1. The van der Waals surface area contributed by atoms with Crippen LogP contribution in [-0.2, 0) is 9.53 Å². The summed E-state index contributed by atoms with van der Waals surface area (Å²) >= 11 is 0. The Morgan fingerprint density at radius 1 is 1.36 bits per heavy atom. The van der Waals surface area contributed by atoms with Crippen molar-refractivity contribution < 1.29 is 19.7 Å². The molecule has 1 unspecified atom stereocenters. The number of hydrogen-bond donors (Lipinski definition) is 2. The van der Waals surface area contributed by atoms with Crippen molar-refractivity contribution in [1.82, 2.24) is 0 Å². The summed E-state index contributed by atoms with van der Waals surface area (Å²) in [5, 5.41) is 18.7. The summed E-state index contributed by atoms with van der Waals surface area (Å²) in [5.74, 6) is -0.444. The fraction of sp³-hybridized carbons (Fsp3) is 0.900. The first-order valence-electron chi connectivity index (χ1n) is 4.71. The number of aliphatic hydroxyl groups is 2. The Balaban J connectivity index is 4.59. The maximum absolute atomic E-state index is 11.4. The van der Waals surface area contributed by atoms with Crippen molar-refractivity contribution in [2.24, 2.45) is 5.41 Å². The molecule has 0 amide bonds. The first-order chi connectivity index (χ1) is 6.29. The van der Waals surface area contributed by atoms with Gasteiger partial charge >= 0.3 is 5.97 Å². The van der Waals surface area contributed by atoms with Gasteiger partial charge in [-0.25, -0.2) is 0 Å². The fourth-order valence-corrected chi connectivity index (χ4v) is 1.21. The zero-order chi connectivity index (χ0) is 11.4. The maximum Gasteiger partial charge on any atom is 0.314 e. The van der Waals surface area contributed by atoms with E-state index in [4.69, 9.17) is 5.11 Å². The van der Waals surface area contributed by atoms with Crippen molar-refractivity contribution in [2.45, 2.75) is 39.2 Å². The van der Waals surface area contributed by atoms with Crippen LogP contribution in [-0.4, -0.2) is 35.5 Å². The molecule has 4 heteroatoms. The molecule has 0 fully saturated rings. The van der Waals surface area contributed by atoms with E-state index < -0.39 is 17.0 Å². The van der Waals surface area contributed by atoms with E-state index in [0.717, 1.165) is 0 Å². The Hall–Kier alpha value is -0.610. The lowest BCUT2D eigenvalue weighted by Crippen LogP contribution is -2.48. The summed E-state index contributed by atoms with van der Waals surface area (Å²) in [4.78, 5) is 11.4. The summed E-state index contributed by atoms with van der Waals surface area (Å²) in [6.45, 7) is 4.86. The van der Waals surface area contributed by atoms with E-state index in [1.54, 1.807) is 20.8 Å². The molecule has 2 N–H and O–H groups in total. The lowest BCUT2D eigenvalue weighted by Gasteiger charge is -2.37. The predicted molar refractivity (Wildman–Crippen MR) is 52.7 cm³/mol. The average Bonchev–Trinajstić information content (AvgIpc) is 2.13. The van der Waals surface area contributed by atoms with Gasteiger partial charge in [-0.1, -0.05) is 0 Å². The Kier molecular flexibility index (Phi) is 4.55. The maximum atomic E-state index is 11.4. The monoisotopic (exact) mass is 204 g/mol. The van der Waals surface area contributed by atoms with Gasteiger partial charge in [0, 0.05) is 6.61 Å². The summed E-state index contributed by atoms with van der Waals surface area (Å²) < 4.78 is 4.62. The highest BCUT2D eigenvalue weighted by Gasteiger charge is 2.45. The topological polar surface area (TPSA) is 66.8 Å². The van der Waals surface area contributed by atoms with Gasteiger partial charge in [-0.05, 0) is 33.6 Å². The highest BCUT2D eigenvalue weighted by molar-refractivity contribution is 5.77. The zero-order valence-corrected chi connectivity index (χ0v) is 9.33. The largest absolute Gasteiger partial charge is 0.469 e. The summed E-state index contributed by atoms with van der Waals surface area (Å²) in [5.41, 5.74) is -2.13. The smallest absolute Gasteiger partial charge is 0.314 e. The van der Waals surface area contributed by atoms with E-state index in [2.05, 4.69) is 4.74 Å². The molecule has 0 saturated carbocycles. The standard InChI is InChI=1S/C10H20O4/c1-9(2,8(12)14-4)10(3,13)6-5-7-11/h11,13H,5-7H2,1-4H3. The van der Waals surface area contributed by atoms with E-state index in [1.807, 2.05) is 0 Å². The summed E-state index contributed by atoms with van der Waals surface area (Å²) in [7, 11) is 1.30. The van der Waals surface area contributed by atoms with Crippen LogP contribution in [0.4, 0.5) is 0 Å². The molecule has 0 radical (unpaired) electrons. The molecular formula is C10H20O4. The molecule has 0 rings (SSSR count). The van der Waals surface area contributed by atoms with E-state index >= 15 is 0 Å². The normalized spacial score (nSPS) is 16.1. The summed E-state index contributed by atoms with van der Waals surface area (Å²) in [6.07, 6.45) is 0.832. The fourth-order valence-electron chi connectivity index (χ4n) is 1.21. The molecule has 0 spiro atoms. The molecule has 0 saturated heterocycles. The average molecular weight is 204 g/mol. The number of carbonyl (C=O) groups excluding carboxylic acids is 1.